The predicted octanol–water partition coefficient (Wildman–Crippen LogP) is 2.03. The number of aromatic nitrogens is 8. The Morgan fingerprint density at radius 3 is 2.73 bits per heavy atom. The number of pyridine rings is 1. The second kappa shape index (κ2) is 7.67. The van der Waals surface area contributed by atoms with Crippen molar-refractivity contribution in [3.05, 3.63) is 36.9 Å². The lowest BCUT2D eigenvalue weighted by molar-refractivity contribution is 0.108. The smallest absolute Gasteiger partial charge is 0.229 e. The van der Waals surface area contributed by atoms with Gasteiger partial charge in [-0.2, -0.15) is 14.8 Å². The third-order valence-corrected chi connectivity index (χ3v) is 5.26. The number of anilines is 2. The van der Waals surface area contributed by atoms with Gasteiger partial charge in [0, 0.05) is 6.20 Å². The number of hydrogen-bond donors (Lipinski definition) is 2. The number of nitrogens with one attached hydrogen (secondary N) is 1. The van der Waals surface area contributed by atoms with Crippen LogP contribution in [0.15, 0.2) is 36.9 Å². The molecule has 154 valence electrons. The van der Waals surface area contributed by atoms with Crippen LogP contribution in [0, 0.1) is 0 Å². The summed E-state index contributed by atoms with van der Waals surface area (Å²) < 4.78 is 8.64. The molecule has 0 bridgehead atoms. The van der Waals surface area contributed by atoms with Gasteiger partial charge in [0.15, 0.2) is 17.0 Å². The SMILES string of the molecule is COc1ccc(-n2nnc3cnc(Nc4cnn([C@H]5CC[C@H](O)CC5)c4)nc32)nc1. The number of ether oxygens (including phenoxy) is 1. The van der Waals surface area contributed by atoms with Crippen LogP contribution in [0.5, 0.6) is 5.75 Å². The lowest BCUT2D eigenvalue weighted by atomic mass is 9.93. The Balaban J connectivity index is 1.37. The van der Waals surface area contributed by atoms with Crippen molar-refractivity contribution in [3.8, 4) is 11.6 Å². The first kappa shape index (κ1) is 18.4. The number of rotatable bonds is 5. The number of fused-ring (bicyclic) bond motifs is 1. The van der Waals surface area contributed by atoms with Gasteiger partial charge in [-0.25, -0.2) is 9.97 Å². The van der Waals surface area contributed by atoms with E-state index in [4.69, 9.17) is 4.74 Å². The zero-order chi connectivity index (χ0) is 20.5. The van der Waals surface area contributed by atoms with Crippen LogP contribution >= 0.6 is 0 Å². The molecule has 0 aromatic carbocycles. The van der Waals surface area contributed by atoms with Gasteiger partial charge in [0.2, 0.25) is 5.95 Å². The Morgan fingerprint density at radius 1 is 1.10 bits per heavy atom. The largest absolute Gasteiger partial charge is 0.495 e. The molecule has 0 amide bonds. The molecule has 30 heavy (non-hydrogen) atoms. The average molecular weight is 407 g/mol. The van der Waals surface area contributed by atoms with E-state index >= 15 is 0 Å². The molecule has 1 fully saturated rings. The molecule has 11 nitrogen and oxygen atoms in total. The van der Waals surface area contributed by atoms with Crippen LogP contribution in [-0.2, 0) is 0 Å². The fourth-order valence-corrected chi connectivity index (χ4v) is 3.62. The highest BCUT2D eigenvalue weighted by atomic mass is 16.5. The summed E-state index contributed by atoms with van der Waals surface area (Å²) in [6, 6.07) is 3.89. The summed E-state index contributed by atoms with van der Waals surface area (Å²) in [5.41, 5.74) is 1.90. The molecular weight excluding hydrogens is 386 g/mol. The molecule has 4 heterocycles. The molecule has 4 aromatic heterocycles. The standard InChI is InChI=1S/C19H21N9O2/c1-30-15-6-7-17(20-9-15)28-18-16(25-26-28)10-21-19(24-18)23-12-8-22-27(11-12)13-2-4-14(29)5-3-13/h6-11,13-14,29H,2-5H2,1H3,(H,21,23,24)/t13-,14-. The van der Waals surface area contributed by atoms with Crippen LogP contribution in [0.1, 0.15) is 31.7 Å². The third kappa shape index (κ3) is 3.54. The van der Waals surface area contributed by atoms with Gasteiger partial charge in [0.25, 0.3) is 0 Å². The van der Waals surface area contributed by atoms with Crippen LogP contribution in [0.3, 0.4) is 0 Å². The highest BCUT2D eigenvalue weighted by Gasteiger charge is 2.21. The van der Waals surface area contributed by atoms with E-state index in [0.717, 1.165) is 31.4 Å². The number of methoxy groups -OCH3 is 1. The van der Waals surface area contributed by atoms with Crippen LogP contribution < -0.4 is 10.1 Å². The van der Waals surface area contributed by atoms with E-state index in [1.807, 2.05) is 10.9 Å². The summed E-state index contributed by atoms with van der Waals surface area (Å²) in [5, 5.41) is 25.6. The predicted molar refractivity (Wildman–Crippen MR) is 108 cm³/mol. The van der Waals surface area contributed by atoms with Gasteiger partial charge in [-0.15, -0.1) is 5.10 Å². The summed E-state index contributed by atoms with van der Waals surface area (Å²) in [6.07, 6.45) is 10.2. The Labute approximate surface area is 171 Å². The molecule has 0 spiro atoms. The van der Waals surface area contributed by atoms with E-state index in [2.05, 4.69) is 35.7 Å². The molecule has 0 saturated heterocycles. The van der Waals surface area contributed by atoms with Crippen molar-refractivity contribution in [2.45, 2.75) is 37.8 Å². The Morgan fingerprint density at radius 2 is 1.97 bits per heavy atom. The maximum absolute atomic E-state index is 9.69. The molecule has 1 saturated carbocycles. The zero-order valence-corrected chi connectivity index (χ0v) is 16.4. The van der Waals surface area contributed by atoms with Crippen molar-refractivity contribution in [1.29, 1.82) is 0 Å². The molecule has 11 heteroatoms. The first-order valence-corrected chi connectivity index (χ1v) is 9.78. The maximum Gasteiger partial charge on any atom is 0.229 e. The van der Waals surface area contributed by atoms with Crippen molar-refractivity contribution in [2.75, 3.05) is 12.4 Å². The van der Waals surface area contributed by atoms with Gasteiger partial charge in [-0.1, -0.05) is 5.21 Å². The van der Waals surface area contributed by atoms with Crippen molar-refractivity contribution in [1.82, 2.24) is 39.7 Å². The minimum absolute atomic E-state index is 0.187. The number of aliphatic hydroxyl groups excluding tert-OH is 1. The van der Waals surface area contributed by atoms with Crippen LogP contribution in [0.4, 0.5) is 11.6 Å². The van der Waals surface area contributed by atoms with E-state index in [9.17, 15) is 5.11 Å². The Hall–Kier alpha value is -3.60. The van der Waals surface area contributed by atoms with Gasteiger partial charge in [0.05, 0.1) is 43.5 Å². The van der Waals surface area contributed by atoms with E-state index in [-0.39, 0.29) is 6.10 Å². The molecule has 0 aliphatic heterocycles. The summed E-state index contributed by atoms with van der Waals surface area (Å²) in [5.74, 6) is 1.65. The average Bonchev–Trinajstić information content (AvgIpc) is 3.41. The van der Waals surface area contributed by atoms with Crippen molar-refractivity contribution in [3.63, 3.8) is 0 Å². The summed E-state index contributed by atoms with van der Waals surface area (Å²) in [7, 11) is 1.59. The Kier molecular flexibility index (Phi) is 4.71. The quantitative estimate of drug-likeness (QED) is 0.510. The van der Waals surface area contributed by atoms with Crippen LogP contribution in [0.25, 0.3) is 17.0 Å². The van der Waals surface area contributed by atoms with Crippen molar-refractivity contribution < 1.29 is 9.84 Å². The first-order chi connectivity index (χ1) is 14.7. The fraction of sp³-hybridized carbons (Fsp3) is 0.368. The number of nitrogens with zero attached hydrogens (tertiary/aromatic N) is 8. The topological polar surface area (TPSA) is 129 Å². The van der Waals surface area contributed by atoms with Crippen molar-refractivity contribution >= 4 is 22.8 Å². The minimum Gasteiger partial charge on any atom is -0.495 e. The van der Waals surface area contributed by atoms with Gasteiger partial charge in [-0.05, 0) is 37.8 Å². The second-order valence-corrected chi connectivity index (χ2v) is 7.26. The summed E-state index contributed by atoms with van der Waals surface area (Å²) in [4.78, 5) is 13.2. The van der Waals surface area contributed by atoms with Gasteiger partial charge >= 0.3 is 0 Å². The lowest BCUT2D eigenvalue weighted by Crippen LogP contribution is -2.21. The molecule has 4 aromatic rings. The first-order valence-electron chi connectivity index (χ1n) is 9.78. The molecule has 2 N–H and O–H groups in total. The minimum atomic E-state index is -0.187. The van der Waals surface area contributed by atoms with Gasteiger partial charge < -0.3 is 15.2 Å². The normalized spacial score (nSPS) is 19.1. The van der Waals surface area contributed by atoms with E-state index in [1.54, 1.807) is 42.5 Å². The molecule has 0 unspecified atom stereocenters. The molecule has 1 aliphatic rings. The third-order valence-electron chi connectivity index (χ3n) is 5.26. The van der Waals surface area contributed by atoms with Crippen molar-refractivity contribution in [2.24, 2.45) is 0 Å². The zero-order valence-electron chi connectivity index (χ0n) is 16.4. The summed E-state index contributed by atoms with van der Waals surface area (Å²) in [6.45, 7) is 0. The van der Waals surface area contributed by atoms with E-state index in [1.165, 1.54) is 0 Å². The molecule has 5 rings (SSSR count). The summed E-state index contributed by atoms with van der Waals surface area (Å²) >= 11 is 0. The lowest BCUT2D eigenvalue weighted by Gasteiger charge is -2.25. The number of aliphatic hydroxyl groups is 1. The molecule has 0 radical (unpaired) electrons. The highest BCUT2D eigenvalue weighted by molar-refractivity contribution is 5.72. The van der Waals surface area contributed by atoms with E-state index < -0.39 is 0 Å². The monoisotopic (exact) mass is 407 g/mol. The fourth-order valence-electron chi connectivity index (χ4n) is 3.62. The van der Waals surface area contributed by atoms with E-state index in [0.29, 0.717) is 34.7 Å². The highest BCUT2D eigenvalue weighted by Crippen LogP contribution is 2.29. The molecular formula is C19H21N9O2. The maximum atomic E-state index is 9.69. The van der Waals surface area contributed by atoms with Gasteiger partial charge in [0.1, 0.15) is 5.75 Å². The van der Waals surface area contributed by atoms with Gasteiger partial charge in [-0.3, -0.25) is 4.68 Å². The molecule has 1 aliphatic carbocycles. The van der Waals surface area contributed by atoms with Crippen LogP contribution in [-0.4, -0.2) is 58.0 Å². The second-order valence-electron chi connectivity index (χ2n) is 7.26. The Bertz CT molecular complexity index is 1150. The number of hydrogen-bond acceptors (Lipinski definition) is 9. The molecule has 0 atom stereocenters. The van der Waals surface area contributed by atoms with Crippen LogP contribution in [0.2, 0.25) is 0 Å².